The van der Waals surface area contributed by atoms with Crippen molar-refractivity contribution < 1.29 is 62.3 Å². The van der Waals surface area contributed by atoms with Crippen LogP contribution in [0.15, 0.2) is 109 Å². The van der Waals surface area contributed by atoms with Gasteiger partial charge < -0.3 is 10.2 Å². The van der Waals surface area contributed by atoms with Gasteiger partial charge in [0.2, 0.25) is 0 Å². The number of azo groups is 2. The van der Waals surface area contributed by atoms with Crippen molar-refractivity contribution in [2.75, 3.05) is 5.01 Å². The van der Waals surface area contributed by atoms with Gasteiger partial charge in [-0.1, -0.05) is 12.1 Å². The van der Waals surface area contributed by atoms with Gasteiger partial charge in [-0.2, -0.15) is 39.0 Å². The fraction of sp³-hybridized carbons (Fsp3) is 0.129. The maximum atomic E-state index is 13.0. The number of aryl methyl sites for hydroxylation is 2. The zero-order valence-corrected chi connectivity index (χ0v) is 28.0. The molecule has 0 bridgehead atoms. The van der Waals surface area contributed by atoms with E-state index in [4.69, 9.17) is 0 Å². The van der Waals surface area contributed by atoms with Crippen LogP contribution in [-0.2, 0) is 14.9 Å². The largest absolute Gasteiger partial charge is 1.00 e. The molecule has 1 unspecified atom stereocenters. The minimum atomic E-state index is -4.37. The molecule has 0 aliphatic carbocycles. The Hall–Kier alpha value is -4.60. The summed E-state index contributed by atoms with van der Waals surface area (Å²) in [5.41, 5.74) is 5.40. The van der Waals surface area contributed by atoms with E-state index in [1.165, 1.54) is 42.5 Å². The van der Waals surface area contributed by atoms with Gasteiger partial charge in [-0.3, -0.25) is 9.35 Å². The van der Waals surface area contributed by atoms with Gasteiger partial charge in [0.1, 0.15) is 11.3 Å². The molecule has 1 aliphatic heterocycles. The summed E-state index contributed by atoms with van der Waals surface area (Å²) in [7, 11) is -4.37. The van der Waals surface area contributed by atoms with Crippen molar-refractivity contribution >= 4 is 50.5 Å². The van der Waals surface area contributed by atoms with E-state index in [1.54, 1.807) is 19.1 Å². The molecule has 0 spiro atoms. The molecular formula is C31H26N6NaO7S+. The van der Waals surface area contributed by atoms with Gasteiger partial charge in [0.25, 0.3) is 16.0 Å². The summed E-state index contributed by atoms with van der Waals surface area (Å²) in [6.45, 7) is 5.39. The minimum absolute atomic E-state index is 0. The van der Waals surface area contributed by atoms with E-state index >= 15 is 0 Å². The number of benzene rings is 4. The molecule has 1 amide bonds. The number of hydrazone groups is 1. The summed E-state index contributed by atoms with van der Waals surface area (Å²) in [6, 6.07) is 19.3. The van der Waals surface area contributed by atoms with Crippen LogP contribution in [0.3, 0.4) is 0 Å². The summed E-state index contributed by atoms with van der Waals surface area (Å²) in [6.07, 6.45) is 0. The number of carboxylic acid groups (broad SMARTS) is 1. The van der Waals surface area contributed by atoms with E-state index in [2.05, 4.69) is 25.6 Å². The third kappa shape index (κ3) is 7.43. The zero-order chi connectivity index (χ0) is 32.5. The van der Waals surface area contributed by atoms with E-state index in [1.807, 2.05) is 38.1 Å². The Morgan fingerprint density at radius 3 is 1.96 bits per heavy atom. The third-order valence-electron chi connectivity index (χ3n) is 6.97. The van der Waals surface area contributed by atoms with Crippen LogP contribution < -0.4 is 34.6 Å². The Morgan fingerprint density at radius 1 is 0.826 bits per heavy atom. The third-order valence-corrected chi connectivity index (χ3v) is 7.83. The minimum Gasteiger partial charge on any atom is -0.507 e. The number of anilines is 1. The fourth-order valence-electron chi connectivity index (χ4n) is 4.52. The van der Waals surface area contributed by atoms with Crippen LogP contribution in [0.5, 0.6) is 5.75 Å². The van der Waals surface area contributed by atoms with E-state index in [9.17, 15) is 32.8 Å². The van der Waals surface area contributed by atoms with E-state index in [0.29, 0.717) is 22.8 Å². The van der Waals surface area contributed by atoms with Crippen LogP contribution in [-0.4, -0.2) is 46.8 Å². The summed E-state index contributed by atoms with van der Waals surface area (Å²) in [5, 5.41) is 41.1. The molecule has 0 aromatic heterocycles. The average Bonchev–Trinajstić information content (AvgIpc) is 3.28. The molecule has 5 rings (SSSR count). The summed E-state index contributed by atoms with van der Waals surface area (Å²) in [5.74, 6) is -2.07. The molecule has 4 aromatic rings. The van der Waals surface area contributed by atoms with E-state index < -0.39 is 28.0 Å². The Bertz CT molecular complexity index is 2050. The smallest absolute Gasteiger partial charge is 0.507 e. The predicted octanol–water partition coefficient (Wildman–Crippen LogP) is 3.92. The molecule has 0 saturated heterocycles. The molecule has 0 fully saturated rings. The predicted molar refractivity (Wildman–Crippen MR) is 166 cm³/mol. The SMILES string of the molecule is CC1=NN(c2ccc(S(=O)(=O)O)cc2)C(=O)C1N=Nc1ccc(-c2ccc(N=Nc3ccc(O)c(C(=O)O)c3)c(C)c2)cc1C.[Na+]. The maximum Gasteiger partial charge on any atom is 1.00 e. The molecule has 3 N–H and O–H groups in total. The van der Waals surface area contributed by atoms with Gasteiger partial charge in [-0.25, -0.2) is 4.79 Å². The molecule has 15 heteroatoms. The number of carbonyl (C=O) groups is 2. The van der Waals surface area contributed by atoms with Crippen molar-refractivity contribution in [3.63, 3.8) is 0 Å². The number of hydrogen-bond donors (Lipinski definition) is 3. The van der Waals surface area contributed by atoms with Gasteiger partial charge in [0.05, 0.1) is 33.4 Å². The Kier molecular flexibility index (Phi) is 10.3. The van der Waals surface area contributed by atoms with Crippen LogP contribution in [0.25, 0.3) is 11.1 Å². The van der Waals surface area contributed by atoms with E-state index in [0.717, 1.165) is 27.3 Å². The molecule has 1 atom stereocenters. The summed E-state index contributed by atoms with van der Waals surface area (Å²) in [4.78, 5) is 24.0. The monoisotopic (exact) mass is 649 g/mol. The van der Waals surface area contributed by atoms with Gasteiger partial charge in [0.15, 0.2) is 6.04 Å². The first-order valence-electron chi connectivity index (χ1n) is 13.4. The first-order valence-corrected chi connectivity index (χ1v) is 14.8. The number of phenols is 1. The zero-order valence-electron chi connectivity index (χ0n) is 25.1. The van der Waals surface area contributed by atoms with Gasteiger partial charge in [-0.05, 0) is 110 Å². The number of hydrogen-bond acceptors (Lipinski definition) is 10. The Balaban J connectivity index is 0.00000480. The normalized spacial score (nSPS) is 15.0. The molecule has 46 heavy (non-hydrogen) atoms. The molecule has 228 valence electrons. The topological polar surface area (TPSA) is 194 Å². The molecule has 0 saturated carbocycles. The van der Waals surface area contributed by atoms with E-state index in [-0.39, 0.29) is 51.5 Å². The van der Waals surface area contributed by atoms with Crippen molar-refractivity contribution in [1.29, 1.82) is 0 Å². The van der Waals surface area contributed by atoms with Crippen molar-refractivity contribution in [3.8, 4) is 16.9 Å². The van der Waals surface area contributed by atoms with Crippen LogP contribution >= 0.6 is 0 Å². The van der Waals surface area contributed by atoms with Crippen molar-refractivity contribution in [2.24, 2.45) is 25.6 Å². The Morgan fingerprint density at radius 2 is 1.41 bits per heavy atom. The average molecular weight is 650 g/mol. The van der Waals surface area contributed by atoms with Crippen LogP contribution in [0.4, 0.5) is 22.7 Å². The van der Waals surface area contributed by atoms with Gasteiger partial charge in [-0.15, -0.1) is 0 Å². The van der Waals surface area contributed by atoms with Gasteiger partial charge in [0, 0.05) is 0 Å². The second kappa shape index (κ2) is 13.8. The molecule has 1 aliphatic rings. The number of nitrogens with zero attached hydrogens (tertiary/aromatic N) is 6. The fourth-order valence-corrected chi connectivity index (χ4v) is 5.00. The van der Waals surface area contributed by atoms with Crippen LogP contribution in [0.2, 0.25) is 0 Å². The standard InChI is InChI=1S/C31H26N6O7S.Na/c1-17-14-20(4-11-26(17)33-32-22-6-13-28(38)25(16-22)31(40)41)21-5-12-27(18(2)15-21)34-35-29-19(3)36-37(30(29)39)23-7-9-24(10-8-23)45(42,43)44;/h4-16,29,38H,1-3H3,(H,40,41)(H,42,43,44);/q;+1. The molecule has 0 radical (unpaired) electrons. The molecular weight excluding hydrogens is 623 g/mol. The number of amides is 1. The molecule has 1 heterocycles. The number of aromatic carboxylic acids is 1. The Labute approximate surface area is 286 Å². The van der Waals surface area contributed by atoms with Crippen molar-refractivity contribution in [3.05, 3.63) is 95.6 Å². The summed E-state index contributed by atoms with van der Waals surface area (Å²) >= 11 is 0. The van der Waals surface area contributed by atoms with Gasteiger partial charge >= 0.3 is 35.5 Å². The van der Waals surface area contributed by atoms with Crippen LogP contribution in [0.1, 0.15) is 28.4 Å². The van der Waals surface area contributed by atoms with Crippen molar-refractivity contribution in [2.45, 2.75) is 31.7 Å². The number of aromatic hydroxyl groups is 1. The summed E-state index contributed by atoms with van der Waals surface area (Å²) < 4.78 is 31.8. The molecule has 13 nitrogen and oxygen atoms in total. The quantitative estimate of drug-likeness (QED) is 0.146. The second-order valence-electron chi connectivity index (χ2n) is 10.2. The maximum absolute atomic E-state index is 13.0. The number of carbonyl (C=O) groups excluding carboxylic acids is 1. The van der Waals surface area contributed by atoms with Crippen molar-refractivity contribution in [1.82, 2.24) is 0 Å². The first-order chi connectivity index (χ1) is 21.3. The number of carboxylic acids is 1. The molecule has 4 aromatic carbocycles. The number of rotatable bonds is 8. The second-order valence-corrected chi connectivity index (χ2v) is 11.6. The van der Waals surface area contributed by atoms with Crippen LogP contribution in [0, 0.1) is 13.8 Å². The first kappa shape index (κ1) is 34.3.